The normalized spacial score (nSPS) is 11.5. The summed E-state index contributed by atoms with van der Waals surface area (Å²) < 4.78 is 39.0. The molecular formula is C16H16ClN5O5S. The molecule has 28 heavy (non-hydrogen) atoms. The lowest BCUT2D eigenvalue weighted by atomic mass is 10.1. The molecule has 0 radical (unpaired) electrons. The van der Waals surface area contributed by atoms with Crippen LogP contribution >= 0.6 is 11.6 Å². The van der Waals surface area contributed by atoms with Gasteiger partial charge in [0, 0.05) is 16.8 Å². The lowest BCUT2D eigenvalue weighted by Gasteiger charge is -2.13. The molecule has 0 unspecified atom stereocenters. The summed E-state index contributed by atoms with van der Waals surface area (Å²) in [6.07, 6.45) is 1.54. The Hall–Kier alpha value is -2.92. The average molecular weight is 426 g/mol. The Bertz CT molecular complexity index is 1190. The number of aromatic nitrogens is 4. The van der Waals surface area contributed by atoms with Crippen LogP contribution < -0.4 is 9.46 Å². The quantitative estimate of drug-likeness (QED) is 0.615. The Morgan fingerprint density at radius 3 is 2.57 bits per heavy atom. The minimum Gasteiger partial charge on any atom is -0.481 e. The zero-order valence-electron chi connectivity index (χ0n) is 15.3. The molecule has 0 amide bonds. The van der Waals surface area contributed by atoms with E-state index in [4.69, 9.17) is 21.1 Å². The van der Waals surface area contributed by atoms with Crippen molar-refractivity contribution in [1.82, 2.24) is 19.6 Å². The molecule has 148 valence electrons. The fraction of sp³-hybridized carbons (Fsp3) is 0.250. The van der Waals surface area contributed by atoms with Crippen molar-refractivity contribution in [3.05, 3.63) is 40.0 Å². The van der Waals surface area contributed by atoms with Crippen LogP contribution in [0.5, 0.6) is 5.88 Å². The van der Waals surface area contributed by atoms with E-state index in [0.29, 0.717) is 17.0 Å². The zero-order chi connectivity index (χ0) is 20.6. The average Bonchev–Trinajstić information content (AvgIpc) is 3.08. The largest absolute Gasteiger partial charge is 0.481 e. The molecule has 2 aromatic heterocycles. The number of methoxy groups -OCH3 is 2. The molecule has 1 aromatic carbocycles. The van der Waals surface area contributed by atoms with Crippen molar-refractivity contribution in [2.24, 2.45) is 0 Å². The van der Waals surface area contributed by atoms with E-state index >= 15 is 0 Å². The van der Waals surface area contributed by atoms with Gasteiger partial charge >= 0.3 is 5.97 Å². The number of carbonyl (C=O) groups excluding carboxylic acids is 1. The van der Waals surface area contributed by atoms with E-state index in [1.54, 1.807) is 13.8 Å². The van der Waals surface area contributed by atoms with Gasteiger partial charge in [-0.1, -0.05) is 11.6 Å². The Kier molecular flexibility index (Phi) is 5.13. The Morgan fingerprint density at radius 1 is 1.21 bits per heavy atom. The number of hydrogen-bond acceptors (Lipinski definition) is 8. The maximum atomic E-state index is 12.8. The van der Waals surface area contributed by atoms with Crippen molar-refractivity contribution < 1.29 is 22.7 Å². The summed E-state index contributed by atoms with van der Waals surface area (Å²) in [6.45, 7) is 3.30. The highest BCUT2D eigenvalue weighted by Gasteiger charge is 2.26. The van der Waals surface area contributed by atoms with Crippen molar-refractivity contribution in [2.75, 3.05) is 18.9 Å². The van der Waals surface area contributed by atoms with Gasteiger partial charge in [-0.3, -0.25) is 4.72 Å². The first-order valence-corrected chi connectivity index (χ1v) is 9.72. The zero-order valence-corrected chi connectivity index (χ0v) is 16.9. The summed E-state index contributed by atoms with van der Waals surface area (Å²) in [5, 5.41) is 3.70. The van der Waals surface area contributed by atoms with Crippen LogP contribution in [0.3, 0.4) is 0 Å². The highest BCUT2D eigenvalue weighted by molar-refractivity contribution is 7.92. The van der Waals surface area contributed by atoms with Crippen molar-refractivity contribution in [3.8, 4) is 5.88 Å². The third-order valence-electron chi connectivity index (χ3n) is 3.92. The summed E-state index contributed by atoms with van der Waals surface area (Å²) in [6, 6.07) is 2.84. The van der Waals surface area contributed by atoms with Gasteiger partial charge in [-0.2, -0.15) is 18.4 Å². The van der Waals surface area contributed by atoms with Gasteiger partial charge in [-0.25, -0.2) is 9.31 Å². The van der Waals surface area contributed by atoms with Gasteiger partial charge in [0.2, 0.25) is 5.88 Å². The van der Waals surface area contributed by atoms with Crippen LogP contribution in [0.15, 0.2) is 23.5 Å². The second kappa shape index (κ2) is 7.24. The van der Waals surface area contributed by atoms with E-state index in [9.17, 15) is 13.2 Å². The molecule has 3 rings (SSSR count). The monoisotopic (exact) mass is 425 g/mol. The van der Waals surface area contributed by atoms with Crippen LogP contribution in [0.4, 0.5) is 5.69 Å². The van der Waals surface area contributed by atoms with Gasteiger partial charge in [-0.15, -0.1) is 5.10 Å². The van der Waals surface area contributed by atoms with E-state index in [0.717, 1.165) is 0 Å². The maximum absolute atomic E-state index is 12.8. The molecule has 0 spiro atoms. The van der Waals surface area contributed by atoms with Gasteiger partial charge in [0.05, 0.1) is 25.5 Å². The van der Waals surface area contributed by atoms with E-state index in [-0.39, 0.29) is 22.1 Å². The second-order valence-electron chi connectivity index (χ2n) is 5.76. The lowest BCUT2D eigenvalue weighted by molar-refractivity contribution is 0.0602. The van der Waals surface area contributed by atoms with Crippen molar-refractivity contribution >= 4 is 39.1 Å². The third-order valence-corrected chi connectivity index (χ3v) is 5.46. The molecule has 1 N–H and O–H groups in total. The van der Waals surface area contributed by atoms with Gasteiger partial charge in [-0.05, 0) is 31.5 Å². The topological polar surface area (TPSA) is 125 Å². The summed E-state index contributed by atoms with van der Waals surface area (Å²) in [5.74, 6) is -0.378. The molecule has 10 nitrogen and oxygen atoms in total. The van der Waals surface area contributed by atoms with Crippen LogP contribution in [0.25, 0.3) is 5.78 Å². The van der Waals surface area contributed by atoms with Gasteiger partial charge < -0.3 is 9.47 Å². The number of esters is 1. The second-order valence-corrected chi connectivity index (χ2v) is 7.75. The predicted octanol–water partition coefficient (Wildman–Crippen LogP) is 1.99. The molecule has 0 aliphatic heterocycles. The van der Waals surface area contributed by atoms with Crippen LogP contribution in [-0.4, -0.2) is 48.2 Å². The van der Waals surface area contributed by atoms with Gasteiger partial charge in [0.1, 0.15) is 0 Å². The Labute approximate surface area is 165 Å². The number of ether oxygens (including phenoxy) is 2. The molecule has 0 aliphatic rings. The highest BCUT2D eigenvalue weighted by Crippen LogP contribution is 2.30. The molecule has 0 saturated heterocycles. The molecule has 12 heteroatoms. The van der Waals surface area contributed by atoms with Gasteiger partial charge in [0.15, 0.2) is 0 Å². The van der Waals surface area contributed by atoms with E-state index in [1.807, 2.05) is 0 Å². The van der Waals surface area contributed by atoms with Crippen LogP contribution in [-0.2, 0) is 14.8 Å². The summed E-state index contributed by atoms with van der Waals surface area (Å²) >= 11 is 6.08. The first-order valence-electron chi connectivity index (χ1n) is 7.86. The Balaban J connectivity index is 2.09. The van der Waals surface area contributed by atoms with Crippen LogP contribution in [0.2, 0.25) is 5.02 Å². The maximum Gasteiger partial charge on any atom is 0.340 e. The summed E-state index contributed by atoms with van der Waals surface area (Å²) in [4.78, 5) is 20.1. The number of nitrogens with one attached hydrogen (secondary N) is 1. The number of carbonyl (C=O) groups is 1. The fourth-order valence-electron chi connectivity index (χ4n) is 2.47. The Morgan fingerprint density at radius 2 is 1.93 bits per heavy atom. The molecule has 0 fully saturated rings. The SMILES string of the molecule is COC(=O)c1ccc(Cl)c(C)c1NS(=O)(=O)c1nc2nc(OC)c(C)cn2n1. The molecule has 0 aliphatic carbocycles. The van der Waals surface area contributed by atoms with Gasteiger partial charge in [0.25, 0.3) is 21.0 Å². The van der Waals surface area contributed by atoms with E-state index in [2.05, 4.69) is 19.8 Å². The highest BCUT2D eigenvalue weighted by atomic mass is 35.5. The summed E-state index contributed by atoms with van der Waals surface area (Å²) in [5.41, 5.74) is 0.996. The number of benzene rings is 1. The molecule has 0 atom stereocenters. The first kappa shape index (κ1) is 19.8. The lowest BCUT2D eigenvalue weighted by Crippen LogP contribution is -2.18. The molecular weight excluding hydrogens is 410 g/mol. The van der Waals surface area contributed by atoms with E-state index in [1.165, 1.54) is 37.1 Å². The molecule has 2 heterocycles. The van der Waals surface area contributed by atoms with Crippen LogP contribution in [0.1, 0.15) is 21.5 Å². The number of aryl methyl sites for hydroxylation is 1. The number of fused-ring (bicyclic) bond motifs is 1. The van der Waals surface area contributed by atoms with Crippen molar-refractivity contribution in [2.45, 2.75) is 19.0 Å². The minimum absolute atomic E-state index is 0.00683. The standard InChI is InChI=1S/C16H16ClN5O5S/c1-8-7-22-15(18-13(8)26-3)19-16(20-22)28(24,25)21-12-9(2)11(17)6-5-10(12)14(23)27-4/h5-7,21H,1-4H3. The number of hydrogen-bond donors (Lipinski definition) is 1. The summed E-state index contributed by atoms with van der Waals surface area (Å²) in [7, 11) is -1.62. The smallest absolute Gasteiger partial charge is 0.340 e. The van der Waals surface area contributed by atoms with Crippen molar-refractivity contribution in [3.63, 3.8) is 0 Å². The number of halogens is 1. The molecule has 3 aromatic rings. The fourth-order valence-corrected chi connectivity index (χ4v) is 3.65. The number of sulfonamides is 1. The molecule has 0 saturated carbocycles. The minimum atomic E-state index is -4.25. The van der Waals surface area contributed by atoms with Crippen molar-refractivity contribution in [1.29, 1.82) is 0 Å². The van der Waals surface area contributed by atoms with E-state index < -0.39 is 21.1 Å². The first-order chi connectivity index (χ1) is 13.2. The number of nitrogens with zero attached hydrogens (tertiary/aromatic N) is 4. The number of rotatable bonds is 5. The van der Waals surface area contributed by atoms with Crippen LogP contribution in [0, 0.1) is 13.8 Å². The molecule has 0 bridgehead atoms. The number of anilines is 1. The predicted molar refractivity (Wildman–Crippen MR) is 100 cm³/mol. The third kappa shape index (κ3) is 3.45.